The van der Waals surface area contributed by atoms with Gasteiger partial charge in [0.2, 0.25) is 8.32 Å². The molecular formula is C13H18ClFO2Si. The van der Waals surface area contributed by atoms with Crippen LogP contribution in [-0.4, -0.2) is 13.6 Å². The van der Waals surface area contributed by atoms with Crippen LogP contribution >= 0.6 is 11.6 Å². The van der Waals surface area contributed by atoms with Gasteiger partial charge in [-0.05, 0) is 47.9 Å². The first-order valence-electron chi connectivity index (χ1n) is 5.73. The second kappa shape index (κ2) is 5.01. The highest BCUT2D eigenvalue weighted by molar-refractivity contribution is 6.74. The average molecular weight is 289 g/mol. The smallest absolute Gasteiger partial charge is 0.255 e. The largest absolute Gasteiger partial charge is 0.543 e. The Morgan fingerprint density at radius 1 is 1.33 bits per heavy atom. The minimum Gasteiger partial charge on any atom is -0.543 e. The summed E-state index contributed by atoms with van der Waals surface area (Å²) in [7, 11) is -2.00. The fraction of sp³-hybridized carbons (Fsp3) is 0.462. The molecule has 0 N–H and O–H groups in total. The number of halogens is 2. The molecule has 1 aromatic carbocycles. The van der Waals surface area contributed by atoms with Crippen molar-refractivity contribution in [2.24, 2.45) is 0 Å². The third-order valence-electron chi connectivity index (χ3n) is 3.33. The Morgan fingerprint density at radius 2 is 1.89 bits per heavy atom. The van der Waals surface area contributed by atoms with Crippen LogP contribution in [0.15, 0.2) is 18.2 Å². The number of carbonyl (C=O) groups is 1. The van der Waals surface area contributed by atoms with Crippen LogP contribution in [0.3, 0.4) is 0 Å². The molecule has 0 radical (unpaired) electrons. The van der Waals surface area contributed by atoms with Crippen molar-refractivity contribution in [3.05, 3.63) is 29.6 Å². The van der Waals surface area contributed by atoms with E-state index in [2.05, 4.69) is 33.9 Å². The minimum absolute atomic E-state index is 0.0342. The third kappa shape index (κ3) is 3.33. The molecule has 0 aromatic heterocycles. The van der Waals surface area contributed by atoms with Gasteiger partial charge in [0.15, 0.2) is 0 Å². The molecule has 0 amide bonds. The molecular weight excluding hydrogens is 271 g/mol. The number of rotatable bonds is 3. The van der Waals surface area contributed by atoms with E-state index in [0.29, 0.717) is 5.75 Å². The molecule has 0 heterocycles. The molecule has 0 aliphatic carbocycles. The Kier molecular flexibility index (Phi) is 4.23. The first kappa shape index (κ1) is 15.2. The number of hydrogen-bond donors (Lipinski definition) is 0. The fourth-order valence-electron chi connectivity index (χ4n) is 1.17. The zero-order valence-corrected chi connectivity index (χ0v) is 13.1. The van der Waals surface area contributed by atoms with E-state index in [9.17, 15) is 9.18 Å². The van der Waals surface area contributed by atoms with E-state index >= 15 is 0 Å². The van der Waals surface area contributed by atoms with Gasteiger partial charge in [-0.25, -0.2) is 4.39 Å². The van der Waals surface area contributed by atoms with E-state index in [1.165, 1.54) is 18.2 Å². The van der Waals surface area contributed by atoms with Gasteiger partial charge in [0, 0.05) is 0 Å². The quantitative estimate of drug-likeness (QED) is 0.601. The monoisotopic (exact) mass is 288 g/mol. The Bertz CT molecular complexity index is 467. The summed E-state index contributed by atoms with van der Waals surface area (Å²) < 4.78 is 19.3. The van der Waals surface area contributed by atoms with Crippen molar-refractivity contribution in [1.29, 1.82) is 0 Å². The molecule has 0 saturated heterocycles. The maximum Gasteiger partial charge on any atom is 0.255 e. The molecule has 1 rings (SSSR count). The predicted octanol–water partition coefficient (Wildman–Crippen LogP) is 4.59. The van der Waals surface area contributed by atoms with Crippen molar-refractivity contribution < 1.29 is 13.6 Å². The summed E-state index contributed by atoms with van der Waals surface area (Å²) in [6.07, 6.45) is 0. The van der Waals surface area contributed by atoms with Gasteiger partial charge in [-0.1, -0.05) is 20.8 Å². The third-order valence-corrected chi connectivity index (χ3v) is 7.89. The predicted molar refractivity (Wildman–Crippen MR) is 74.4 cm³/mol. The molecule has 5 heteroatoms. The summed E-state index contributed by atoms with van der Waals surface area (Å²) in [6, 6.07) is 4.10. The number of benzene rings is 1. The van der Waals surface area contributed by atoms with Crippen LogP contribution in [0.25, 0.3) is 0 Å². The van der Waals surface area contributed by atoms with Gasteiger partial charge in [0.05, 0.1) is 5.56 Å². The molecule has 2 nitrogen and oxygen atoms in total. The van der Waals surface area contributed by atoms with Crippen LogP contribution in [0.1, 0.15) is 31.1 Å². The maximum atomic E-state index is 13.3. The lowest BCUT2D eigenvalue weighted by Crippen LogP contribution is -2.43. The highest BCUT2D eigenvalue weighted by atomic mass is 35.5. The molecule has 0 atom stereocenters. The minimum atomic E-state index is -2.00. The van der Waals surface area contributed by atoms with E-state index in [1.807, 2.05) is 0 Å². The van der Waals surface area contributed by atoms with Gasteiger partial charge >= 0.3 is 0 Å². The second-order valence-electron chi connectivity index (χ2n) is 5.78. The van der Waals surface area contributed by atoms with Crippen LogP contribution in [0.2, 0.25) is 18.1 Å². The normalized spacial score (nSPS) is 12.4. The SMILES string of the molecule is CC(C)(C)[Si](C)(C)Oc1ccc(F)c(C(=O)Cl)c1. The van der Waals surface area contributed by atoms with Crippen LogP contribution < -0.4 is 4.43 Å². The highest BCUT2D eigenvalue weighted by Gasteiger charge is 2.39. The maximum absolute atomic E-state index is 13.3. The Morgan fingerprint density at radius 3 is 2.33 bits per heavy atom. The van der Waals surface area contributed by atoms with Crippen molar-refractivity contribution in [3.63, 3.8) is 0 Å². The summed E-state index contributed by atoms with van der Waals surface area (Å²) in [5.74, 6) is -0.135. The Labute approximate surface area is 113 Å². The summed E-state index contributed by atoms with van der Waals surface area (Å²) in [6.45, 7) is 10.5. The number of hydrogen-bond acceptors (Lipinski definition) is 2. The van der Waals surface area contributed by atoms with Crippen molar-refractivity contribution in [2.75, 3.05) is 0 Å². The highest BCUT2D eigenvalue weighted by Crippen LogP contribution is 2.37. The molecule has 100 valence electrons. The lowest BCUT2D eigenvalue weighted by molar-refractivity contribution is 0.107. The lowest BCUT2D eigenvalue weighted by Gasteiger charge is -2.36. The molecule has 0 aliphatic heterocycles. The summed E-state index contributed by atoms with van der Waals surface area (Å²) >= 11 is 5.32. The second-order valence-corrected chi connectivity index (χ2v) is 10.8. The zero-order valence-electron chi connectivity index (χ0n) is 11.3. The Hall–Kier alpha value is -0.873. The summed E-state index contributed by atoms with van der Waals surface area (Å²) in [5, 5.41) is -0.778. The first-order chi connectivity index (χ1) is 8.04. The Balaban J connectivity index is 3.07. The molecule has 0 saturated carbocycles. The fourth-order valence-corrected chi connectivity index (χ4v) is 2.33. The molecule has 0 aliphatic rings. The van der Waals surface area contributed by atoms with Crippen LogP contribution in [0.5, 0.6) is 5.75 Å². The van der Waals surface area contributed by atoms with E-state index < -0.39 is 19.4 Å². The molecule has 0 unspecified atom stereocenters. The van der Waals surface area contributed by atoms with Gasteiger partial charge in [-0.15, -0.1) is 0 Å². The first-order valence-corrected chi connectivity index (χ1v) is 9.01. The molecule has 0 bridgehead atoms. The van der Waals surface area contributed by atoms with Gasteiger partial charge in [0.25, 0.3) is 5.24 Å². The van der Waals surface area contributed by atoms with Gasteiger partial charge in [-0.2, -0.15) is 0 Å². The van der Waals surface area contributed by atoms with Crippen molar-refractivity contribution in [2.45, 2.75) is 38.9 Å². The van der Waals surface area contributed by atoms with Gasteiger partial charge in [0.1, 0.15) is 11.6 Å². The molecule has 0 spiro atoms. The molecule has 0 fully saturated rings. The van der Waals surface area contributed by atoms with Crippen LogP contribution in [0, 0.1) is 5.82 Å². The van der Waals surface area contributed by atoms with E-state index in [1.54, 1.807) is 0 Å². The van der Waals surface area contributed by atoms with Gasteiger partial charge in [-0.3, -0.25) is 4.79 Å². The summed E-state index contributed by atoms with van der Waals surface area (Å²) in [4.78, 5) is 11.1. The van der Waals surface area contributed by atoms with Crippen molar-refractivity contribution in [3.8, 4) is 5.75 Å². The molecule has 18 heavy (non-hydrogen) atoms. The topological polar surface area (TPSA) is 26.3 Å². The lowest BCUT2D eigenvalue weighted by atomic mass is 10.2. The van der Waals surface area contributed by atoms with Crippen LogP contribution in [-0.2, 0) is 0 Å². The van der Waals surface area contributed by atoms with E-state index in [4.69, 9.17) is 16.0 Å². The standard InChI is InChI=1S/C13H18ClFO2Si/c1-13(2,3)18(4,5)17-9-6-7-11(15)10(8-9)12(14)16/h6-8H,1-5H3. The van der Waals surface area contributed by atoms with Crippen molar-refractivity contribution >= 4 is 25.2 Å². The number of carbonyl (C=O) groups excluding carboxylic acids is 1. The molecule has 1 aromatic rings. The zero-order chi connectivity index (χ0) is 14.1. The summed E-state index contributed by atoms with van der Waals surface area (Å²) in [5.41, 5.74) is -0.145. The van der Waals surface area contributed by atoms with E-state index in [-0.39, 0.29) is 10.6 Å². The van der Waals surface area contributed by atoms with E-state index in [0.717, 1.165) is 0 Å². The van der Waals surface area contributed by atoms with Crippen LogP contribution in [0.4, 0.5) is 4.39 Å². The van der Waals surface area contributed by atoms with Crippen molar-refractivity contribution in [1.82, 2.24) is 0 Å². The average Bonchev–Trinajstić information content (AvgIpc) is 2.18. The van der Waals surface area contributed by atoms with Gasteiger partial charge < -0.3 is 4.43 Å².